The molecule has 2 atom stereocenters. The van der Waals surface area contributed by atoms with Crippen LogP contribution in [0.25, 0.3) is 0 Å². The quantitative estimate of drug-likeness (QED) is 0.833. The standard InChI is InChI=1S/C15H22N2O2/c1-19-15(18)8-13-7-14(16)11-17(10-13)9-12-5-3-2-4-6-12/h2-6,13-14H,7-11,16H2,1H3. The molecule has 1 saturated heterocycles. The van der Waals surface area contributed by atoms with Gasteiger partial charge in [-0.15, -0.1) is 0 Å². The third-order valence-corrected chi connectivity index (χ3v) is 3.58. The van der Waals surface area contributed by atoms with E-state index in [-0.39, 0.29) is 12.0 Å². The summed E-state index contributed by atoms with van der Waals surface area (Å²) in [6.07, 6.45) is 1.37. The van der Waals surface area contributed by atoms with E-state index in [4.69, 9.17) is 10.5 Å². The first kappa shape index (κ1) is 14.0. The van der Waals surface area contributed by atoms with Crippen LogP contribution in [0.2, 0.25) is 0 Å². The van der Waals surface area contributed by atoms with Crippen molar-refractivity contribution in [2.45, 2.75) is 25.4 Å². The van der Waals surface area contributed by atoms with Crippen LogP contribution in [0.3, 0.4) is 0 Å². The van der Waals surface area contributed by atoms with Crippen molar-refractivity contribution >= 4 is 5.97 Å². The van der Waals surface area contributed by atoms with Crippen molar-refractivity contribution in [1.82, 2.24) is 4.90 Å². The minimum Gasteiger partial charge on any atom is -0.469 e. The highest BCUT2D eigenvalue weighted by Gasteiger charge is 2.26. The SMILES string of the molecule is COC(=O)CC1CC(N)CN(Cc2ccccc2)C1. The van der Waals surface area contributed by atoms with Gasteiger partial charge >= 0.3 is 5.97 Å². The number of nitrogens with zero attached hydrogens (tertiary/aromatic N) is 1. The Morgan fingerprint density at radius 2 is 2.11 bits per heavy atom. The maximum absolute atomic E-state index is 11.4. The number of hydrogen-bond donors (Lipinski definition) is 1. The summed E-state index contributed by atoms with van der Waals surface area (Å²) in [5, 5.41) is 0. The van der Waals surface area contributed by atoms with E-state index in [0.717, 1.165) is 26.1 Å². The third kappa shape index (κ3) is 4.33. The summed E-state index contributed by atoms with van der Waals surface area (Å²) >= 11 is 0. The highest BCUT2D eigenvalue weighted by atomic mass is 16.5. The molecule has 104 valence electrons. The number of hydrogen-bond acceptors (Lipinski definition) is 4. The van der Waals surface area contributed by atoms with Gasteiger partial charge in [0.15, 0.2) is 0 Å². The molecule has 4 nitrogen and oxygen atoms in total. The molecule has 1 aromatic carbocycles. The Hall–Kier alpha value is -1.39. The van der Waals surface area contributed by atoms with Crippen LogP contribution in [0, 0.1) is 5.92 Å². The number of carbonyl (C=O) groups is 1. The van der Waals surface area contributed by atoms with E-state index >= 15 is 0 Å². The highest BCUT2D eigenvalue weighted by Crippen LogP contribution is 2.21. The molecule has 0 amide bonds. The summed E-state index contributed by atoms with van der Waals surface area (Å²) in [4.78, 5) is 13.7. The Kier molecular flexibility index (Phi) is 4.93. The largest absolute Gasteiger partial charge is 0.469 e. The molecule has 0 aromatic heterocycles. The Bertz CT molecular complexity index is 408. The van der Waals surface area contributed by atoms with Crippen LogP contribution in [0.1, 0.15) is 18.4 Å². The van der Waals surface area contributed by atoms with Crippen LogP contribution >= 0.6 is 0 Å². The Morgan fingerprint density at radius 1 is 1.37 bits per heavy atom. The number of benzene rings is 1. The van der Waals surface area contributed by atoms with Crippen molar-refractivity contribution in [2.75, 3.05) is 20.2 Å². The zero-order valence-electron chi connectivity index (χ0n) is 11.4. The summed E-state index contributed by atoms with van der Waals surface area (Å²) in [6.45, 7) is 2.70. The molecule has 0 radical (unpaired) electrons. The number of ether oxygens (including phenoxy) is 1. The highest BCUT2D eigenvalue weighted by molar-refractivity contribution is 5.69. The molecule has 0 saturated carbocycles. The summed E-state index contributed by atoms with van der Waals surface area (Å²) in [5.74, 6) is 0.165. The van der Waals surface area contributed by atoms with E-state index in [9.17, 15) is 4.79 Å². The van der Waals surface area contributed by atoms with Gasteiger partial charge in [0.2, 0.25) is 0 Å². The zero-order chi connectivity index (χ0) is 13.7. The average Bonchev–Trinajstić information content (AvgIpc) is 2.39. The second kappa shape index (κ2) is 6.68. The van der Waals surface area contributed by atoms with E-state index in [1.165, 1.54) is 12.7 Å². The van der Waals surface area contributed by atoms with E-state index in [1.807, 2.05) is 18.2 Å². The molecule has 1 aliphatic rings. The minimum atomic E-state index is -0.140. The summed E-state index contributed by atoms with van der Waals surface area (Å²) < 4.78 is 4.74. The summed E-state index contributed by atoms with van der Waals surface area (Å²) in [6, 6.07) is 10.5. The first-order valence-corrected chi connectivity index (χ1v) is 6.76. The third-order valence-electron chi connectivity index (χ3n) is 3.58. The van der Waals surface area contributed by atoms with Crippen LogP contribution in [-0.4, -0.2) is 37.1 Å². The molecule has 0 aliphatic carbocycles. The molecule has 4 heteroatoms. The Balaban J connectivity index is 1.92. The zero-order valence-corrected chi connectivity index (χ0v) is 11.4. The molecule has 2 N–H and O–H groups in total. The van der Waals surface area contributed by atoms with Crippen LogP contribution < -0.4 is 5.73 Å². The maximum atomic E-state index is 11.4. The molecule has 1 aliphatic heterocycles. The van der Waals surface area contributed by atoms with Crippen molar-refractivity contribution in [3.05, 3.63) is 35.9 Å². The second-order valence-electron chi connectivity index (χ2n) is 5.32. The molecule has 1 fully saturated rings. The topological polar surface area (TPSA) is 55.6 Å². The van der Waals surface area contributed by atoms with E-state index in [0.29, 0.717) is 12.3 Å². The predicted octanol–water partition coefficient (Wildman–Crippen LogP) is 1.40. The lowest BCUT2D eigenvalue weighted by molar-refractivity contribution is -0.142. The number of methoxy groups -OCH3 is 1. The Morgan fingerprint density at radius 3 is 2.79 bits per heavy atom. The lowest BCUT2D eigenvalue weighted by Gasteiger charge is -2.36. The number of rotatable bonds is 4. The number of esters is 1. The lowest BCUT2D eigenvalue weighted by atomic mass is 9.91. The predicted molar refractivity (Wildman–Crippen MR) is 74.4 cm³/mol. The van der Waals surface area contributed by atoms with Crippen molar-refractivity contribution in [3.8, 4) is 0 Å². The van der Waals surface area contributed by atoms with Gasteiger partial charge in [0.25, 0.3) is 0 Å². The van der Waals surface area contributed by atoms with Crippen molar-refractivity contribution in [1.29, 1.82) is 0 Å². The number of piperidine rings is 1. The van der Waals surface area contributed by atoms with Gasteiger partial charge in [0, 0.05) is 32.1 Å². The van der Waals surface area contributed by atoms with Crippen LogP contribution in [-0.2, 0) is 16.1 Å². The van der Waals surface area contributed by atoms with Crippen molar-refractivity contribution in [2.24, 2.45) is 11.7 Å². The van der Waals surface area contributed by atoms with Crippen LogP contribution in [0.5, 0.6) is 0 Å². The minimum absolute atomic E-state index is 0.140. The second-order valence-corrected chi connectivity index (χ2v) is 5.32. The average molecular weight is 262 g/mol. The number of nitrogens with two attached hydrogens (primary N) is 1. The van der Waals surface area contributed by atoms with Crippen molar-refractivity contribution in [3.63, 3.8) is 0 Å². The molecule has 19 heavy (non-hydrogen) atoms. The molecule has 0 bridgehead atoms. The molecule has 1 heterocycles. The molecular formula is C15H22N2O2. The van der Waals surface area contributed by atoms with Gasteiger partial charge in [-0.05, 0) is 17.9 Å². The number of carbonyl (C=O) groups excluding carboxylic acids is 1. The van der Waals surface area contributed by atoms with Gasteiger partial charge in [-0.3, -0.25) is 9.69 Å². The fraction of sp³-hybridized carbons (Fsp3) is 0.533. The van der Waals surface area contributed by atoms with Gasteiger partial charge in [-0.25, -0.2) is 0 Å². The first-order chi connectivity index (χ1) is 9.17. The molecule has 2 rings (SSSR count). The van der Waals surface area contributed by atoms with Gasteiger partial charge < -0.3 is 10.5 Å². The fourth-order valence-corrected chi connectivity index (χ4v) is 2.79. The van der Waals surface area contributed by atoms with Crippen molar-refractivity contribution < 1.29 is 9.53 Å². The monoisotopic (exact) mass is 262 g/mol. The fourth-order valence-electron chi connectivity index (χ4n) is 2.79. The maximum Gasteiger partial charge on any atom is 0.305 e. The van der Waals surface area contributed by atoms with Crippen LogP contribution in [0.15, 0.2) is 30.3 Å². The van der Waals surface area contributed by atoms with E-state index < -0.39 is 0 Å². The van der Waals surface area contributed by atoms with Crippen LogP contribution in [0.4, 0.5) is 0 Å². The first-order valence-electron chi connectivity index (χ1n) is 6.76. The van der Waals surface area contributed by atoms with E-state index in [1.54, 1.807) is 0 Å². The van der Waals surface area contributed by atoms with E-state index in [2.05, 4.69) is 17.0 Å². The normalized spacial score (nSPS) is 24.1. The van der Waals surface area contributed by atoms with Gasteiger partial charge in [0.1, 0.15) is 0 Å². The molecular weight excluding hydrogens is 240 g/mol. The molecule has 0 spiro atoms. The van der Waals surface area contributed by atoms with Gasteiger partial charge in [-0.2, -0.15) is 0 Å². The van der Waals surface area contributed by atoms with Gasteiger partial charge in [-0.1, -0.05) is 30.3 Å². The summed E-state index contributed by atoms with van der Waals surface area (Å²) in [7, 11) is 1.44. The smallest absolute Gasteiger partial charge is 0.305 e. The number of likely N-dealkylation sites (tertiary alicyclic amines) is 1. The van der Waals surface area contributed by atoms with Gasteiger partial charge in [0.05, 0.1) is 7.11 Å². The summed E-state index contributed by atoms with van der Waals surface area (Å²) in [5.41, 5.74) is 7.38. The Labute approximate surface area is 114 Å². The molecule has 2 unspecified atom stereocenters. The lowest BCUT2D eigenvalue weighted by Crippen LogP contribution is -2.47. The molecule has 1 aromatic rings.